The lowest BCUT2D eigenvalue weighted by molar-refractivity contribution is -0.188. The molecule has 2 fully saturated rings. The average molecular weight is 429 g/mol. The molecule has 0 bridgehead atoms. The summed E-state index contributed by atoms with van der Waals surface area (Å²) in [5.41, 5.74) is 0. The molecule has 1 saturated carbocycles. The summed E-state index contributed by atoms with van der Waals surface area (Å²) >= 11 is 0. The van der Waals surface area contributed by atoms with Crippen molar-refractivity contribution in [2.24, 2.45) is 11.8 Å². The molecule has 2 N–H and O–H groups in total. The predicted octanol–water partition coefficient (Wildman–Crippen LogP) is 2.29. The Hall–Kier alpha value is -1.22. The standard InChI is InChI=1S/C22H42N4O4.H2/c1-17(2)24-21(28)26(11-7-10-25(4)5)20(27)19(16-23-3)14-18-8-6-9-22(15-18)29-12-13-30-22;/h17-19,23H,6-16H2,1-5H3,(H,24,28);1H/t18-,19-;/m1./s1. The number of hydrogen-bond donors (Lipinski definition) is 2. The van der Waals surface area contributed by atoms with Gasteiger partial charge >= 0.3 is 6.03 Å². The Labute approximate surface area is 183 Å². The third-order valence-corrected chi connectivity index (χ3v) is 5.91. The average Bonchev–Trinajstić information content (AvgIpc) is 3.11. The first-order valence-corrected chi connectivity index (χ1v) is 11.5. The van der Waals surface area contributed by atoms with Crippen molar-refractivity contribution in [2.45, 2.75) is 64.2 Å². The number of nitrogens with one attached hydrogen (secondary N) is 2. The first-order valence-electron chi connectivity index (χ1n) is 11.5. The summed E-state index contributed by atoms with van der Waals surface area (Å²) in [4.78, 5) is 29.8. The van der Waals surface area contributed by atoms with Crippen molar-refractivity contribution in [1.29, 1.82) is 0 Å². The fourth-order valence-electron chi connectivity index (χ4n) is 4.59. The van der Waals surface area contributed by atoms with Gasteiger partial charge in [-0.25, -0.2) is 4.79 Å². The summed E-state index contributed by atoms with van der Waals surface area (Å²) in [5.74, 6) is -0.421. The molecule has 1 saturated heterocycles. The molecule has 0 unspecified atom stereocenters. The van der Waals surface area contributed by atoms with E-state index >= 15 is 0 Å². The Morgan fingerprint density at radius 3 is 2.50 bits per heavy atom. The van der Waals surface area contributed by atoms with Gasteiger partial charge in [-0.05, 0) is 66.7 Å². The van der Waals surface area contributed by atoms with Crippen LogP contribution in [-0.2, 0) is 14.3 Å². The van der Waals surface area contributed by atoms with Crippen LogP contribution in [0.2, 0.25) is 0 Å². The van der Waals surface area contributed by atoms with E-state index in [0.29, 0.717) is 32.2 Å². The van der Waals surface area contributed by atoms with Crippen LogP contribution in [0.25, 0.3) is 0 Å². The monoisotopic (exact) mass is 428 g/mol. The van der Waals surface area contributed by atoms with E-state index in [1.165, 1.54) is 4.90 Å². The molecule has 8 nitrogen and oxygen atoms in total. The molecule has 1 aliphatic heterocycles. The summed E-state index contributed by atoms with van der Waals surface area (Å²) in [6, 6.07) is -0.309. The summed E-state index contributed by atoms with van der Waals surface area (Å²) in [6.07, 6.45) is 5.38. The molecule has 30 heavy (non-hydrogen) atoms. The van der Waals surface area contributed by atoms with E-state index in [1.807, 2.05) is 35.0 Å². The molecule has 2 aliphatic rings. The van der Waals surface area contributed by atoms with Crippen LogP contribution in [-0.4, -0.2) is 87.6 Å². The largest absolute Gasteiger partial charge is 0.348 e. The van der Waals surface area contributed by atoms with Crippen LogP contribution >= 0.6 is 0 Å². The Morgan fingerprint density at radius 1 is 1.20 bits per heavy atom. The van der Waals surface area contributed by atoms with Gasteiger partial charge in [-0.1, -0.05) is 6.42 Å². The normalized spacial score (nSPS) is 21.9. The molecule has 176 valence electrons. The maximum absolute atomic E-state index is 13.5. The van der Waals surface area contributed by atoms with Crippen LogP contribution in [0, 0.1) is 11.8 Å². The minimum atomic E-state index is -0.448. The van der Waals surface area contributed by atoms with Crippen LogP contribution in [0.1, 0.15) is 53.8 Å². The molecule has 0 radical (unpaired) electrons. The molecule has 1 heterocycles. The van der Waals surface area contributed by atoms with Crippen LogP contribution in [0.4, 0.5) is 4.79 Å². The first-order chi connectivity index (χ1) is 14.3. The third kappa shape index (κ3) is 7.48. The molecule has 3 amide bonds. The summed E-state index contributed by atoms with van der Waals surface area (Å²) in [6.45, 7) is 6.94. The number of carbonyl (C=O) groups is 2. The quantitative estimate of drug-likeness (QED) is 0.556. The molecule has 0 aromatic carbocycles. The second-order valence-electron chi connectivity index (χ2n) is 9.31. The SMILES string of the molecule is CNC[C@@H](C[C@H]1CCCC2(C1)OCCO2)C(=O)N(CCCN(C)C)C(=O)NC(C)C.[HH]. The van der Waals surface area contributed by atoms with Crippen molar-refractivity contribution >= 4 is 11.9 Å². The van der Waals surface area contributed by atoms with Gasteiger partial charge in [0.1, 0.15) is 0 Å². The lowest BCUT2D eigenvalue weighted by atomic mass is 9.79. The topological polar surface area (TPSA) is 83.1 Å². The van der Waals surface area contributed by atoms with Gasteiger partial charge in [0.25, 0.3) is 0 Å². The van der Waals surface area contributed by atoms with E-state index < -0.39 is 5.79 Å². The zero-order valence-corrected chi connectivity index (χ0v) is 19.5. The molecule has 2 atom stereocenters. The van der Waals surface area contributed by atoms with Crippen molar-refractivity contribution in [3.8, 4) is 0 Å². The van der Waals surface area contributed by atoms with Gasteiger partial charge in [-0.15, -0.1) is 0 Å². The van der Waals surface area contributed by atoms with Gasteiger partial charge in [0, 0.05) is 33.4 Å². The van der Waals surface area contributed by atoms with Crippen LogP contribution < -0.4 is 10.6 Å². The lowest BCUT2D eigenvalue weighted by Gasteiger charge is -2.37. The summed E-state index contributed by atoms with van der Waals surface area (Å²) in [7, 11) is 5.85. The van der Waals surface area contributed by atoms with Crippen molar-refractivity contribution in [1.82, 2.24) is 20.4 Å². The van der Waals surface area contributed by atoms with E-state index in [2.05, 4.69) is 15.5 Å². The van der Waals surface area contributed by atoms with Gasteiger partial charge < -0.3 is 25.0 Å². The maximum Gasteiger partial charge on any atom is 0.324 e. The Balaban J connectivity index is 0.00000480. The zero-order chi connectivity index (χ0) is 22.1. The number of amides is 3. The highest BCUT2D eigenvalue weighted by Gasteiger charge is 2.42. The van der Waals surface area contributed by atoms with Gasteiger partial charge in [-0.3, -0.25) is 9.69 Å². The van der Waals surface area contributed by atoms with Crippen molar-refractivity contribution in [3.05, 3.63) is 0 Å². The number of urea groups is 1. The Bertz CT molecular complexity index is 556. The van der Waals surface area contributed by atoms with Gasteiger partial charge in [0.2, 0.25) is 5.91 Å². The van der Waals surface area contributed by atoms with E-state index in [0.717, 1.165) is 45.1 Å². The van der Waals surface area contributed by atoms with Gasteiger partial charge in [0.05, 0.1) is 19.1 Å². The molecular weight excluding hydrogens is 384 g/mol. The lowest BCUT2D eigenvalue weighted by Crippen LogP contribution is -2.50. The van der Waals surface area contributed by atoms with Crippen molar-refractivity contribution in [3.63, 3.8) is 0 Å². The molecule has 1 aliphatic carbocycles. The summed E-state index contributed by atoms with van der Waals surface area (Å²) < 4.78 is 11.8. The van der Waals surface area contributed by atoms with E-state index in [4.69, 9.17) is 9.47 Å². The van der Waals surface area contributed by atoms with Crippen LogP contribution in [0.5, 0.6) is 0 Å². The van der Waals surface area contributed by atoms with E-state index in [9.17, 15) is 9.59 Å². The van der Waals surface area contributed by atoms with Crippen LogP contribution in [0.3, 0.4) is 0 Å². The molecule has 0 aromatic rings. The fourth-order valence-corrected chi connectivity index (χ4v) is 4.59. The number of imide groups is 1. The van der Waals surface area contributed by atoms with Crippen LogP contribution in [0.15, 0.2) is 0 Å². The van der Waals surface area contributed by atoms with Gasteiger partial charge in [0.15, 0.2) is 5.79 Å². The smallest absolute Gasteiger partial charge is 0.324 e. The highest BCUT2D eigenvalue weighted by Crippen LogP contribution is 2.41. The summed E-state index contributed by atoms with van der Waals surface area (Å²) in [5, 5.41) is 6.05. The number of rotatable bonds is 10. The minimum absolute atomic E-state index is 0. The number of nitrogens with zero attached hydrogens (tertiary/aromatic N) is 2. The molecule has 1 spiro atoms. The second kappa shape index (κ2) is 12.0. The number of hydrogen-bond acceptors (Lipinski definition) is 6. The molecular formula is C22H44N4O4. The minimum Gasteiger partial charge on any atom is -0.348 e. The second-order valence-corrected chi connectivity index (χ2v) is 9.31. The van der Waals surface area contributed by atoms with E-state index in [-0.39, 0.29) is 25.3 Å². The maximum atomic E-state index is 13.5. The van der Waals surface area contributed by atoms with Gasteiger partial charge in [-0.2, -0.15) is 0 Å². The molecule has 8 heteroatoms. The molecule has 0 aromatic heterocycles. The molecule has 2 rings (SSSR count). The number of ether oxygens (including phenoxy) is 2. The van der Waals surface area contributed by atoms with Crippen molar-refractivity contribution < 1.29 is 20.5 Å². The van der Waals surface area contributed by atoms with Crippen molar-refractivity contribution in [2.75, 3.05) is 54.0 Å². The zero-order valence-electron chi connectivity index (χ0n) is 19.5. The highest BCUT2D eigenvalue weighted by molar-refractivity contribution is 5.95. The first kappa shape index (κ1) is 25.0. The highest BCUT2D eigenvalue weighted by atomic mass is 16.7. The number of carbonyl (C=O) groups excluding carboxylic acids is 2. The Kier molecular flexibility index (Phi) is 10.0. The fraction of sp³-hybridized carbons (Fsp3) is 0.909. The Morgan fingerprint density at radius 2 is 1.90 bits per heavy atom. The third-order valence-electron chi connectivity index (χ3n) is 5.91. The predicted molar refractivity (Wildman–Crippen MR) is 119 cm³/mol. The van der Waals surface area contributed by atoms with E-state index in [1.54, 1.807) is 0 Å².